The van der Waals surface area contributed by atoms with E-state index in [2.05, 4.69) is 13.8 Å². The van der Waals surface area contributed by atoms with Gasteiger partial charge in [0.15, 0.2) is 5.75 Å². The van der Waals surface area contributed by atoms with Gasteiger partial charge >= 0.3 is 0 Å². The van der Waals surface area contributed by atoms with Gasteiger partial charge in [0.25, 0.3) is 10.0 Å². The van der Waals surface area contributed by atoms with Gasteiger partial charge in [-0.15, -0.1) is 0 Å². The Kier molecular flexibility index (Phi) is 6.36. The summed E-state index contributed by atoms with van der Waals surface area (Å²) in [5, 5.41) is 1.38. The van der Waals surface area contributed by atoms with Crippen molar-refractivity contribution in [2.24, 2.45) is 5.92 Å². The largest absolute Gasteiger partial charge is 0.454 e. The molecule has 2 N–H and O–H groups in total. The zero-order valence-corrected chi connectivity index (χ0v) is 20.8. The van der Waals surface area contributed by atoms with Crippen LogP contribution in [-0.4, -0.2) is 12.4 Å². The monoisotopic (exact) mass is 502 g/mol. The number of rotatable bonds is 6. The number of halogens is 2. The van der Waals surface area contributed by atoms with Crippen molar-refractivity contribution in [3.8, 4) is 11.5 Å². The number of nitrogens with two attached hydrogens (primary N) is 1. The number of aromatic nitrogens is 1. The molecule has 0 aliphatic heterocycles. The molecular weight excluding hydrogens is 479 g/mol. The molecule has 0 atom stereocenters. The summed E-state index contributed by atoms with van der Waals surface area (Å²) in [4.78, 5) is 0.238. The summed E-state index contributed by atoms with van der Waals surface area (Å²) in [5.74, 6) is 1.12. The molecule has 172 valence electrons. The Morgan fingerprint density at radius 1 is 1.00 bits per heavy atom. The molecule has 1 aromatic heterocycles. The Balaban J connectivity index is 1.84. The Morgan fingerprint density at radius 2 is 1.64 bits per heavy atom. The van der Waals surface area contributed by atoms with Crippen LogP contribution in [-0.2, 0) is 16.4 Å². The quantitative estimate of drug-likeness (QED) is 0.286. The van der Waals surface area contributed by atoms with Gasteiger partial charge in [-0.2, -0.15) is 0 Å². The lowest BCUT2D eigenvalue weighted by molar-refractivity contribution is 0.484. The van der Waals surface area contributed by atoms with E-state index >= 15 is 0 Å². The number of nitrogens with zero attached hydrogens (tertiary/aromatic N) is 1. The van der Waals surface area contributed by atoms with Crippen LogP contribution in [0.15, 0.2) is 65.7 Å². The Morgan fingerprint density at radius 3 is 2.24 bits per heavy atom. The molecule has 1 heterocycles. The van der Waals surface area contributed by atoms with E-state index in [-0.39, 0.29) is 4.90 Å². The topological polar surface area (TPSA) is 74.3 Å². The third-order valence-electron chi connectivity index (χ3n) is 5.27. The van der Waals surface area contributed by atoms with Crippen molar-refractivity contribution in [1.29, 1.82) is 0 Å². The first kappa shape index (κ1) is 23.5. The molecule has 5 nitrogen and oxygen atoms in total. The average Bonchev–Trinajstić information content (AvgIpc) is 3.09. The van der Waals surface area contributed by atoms with Crippen molar-refractivity contribution in [3.05, 3.63) is 82.0 Å². The number of ether oxygens (including phenoxy) is 1. The normalized spacial score (nSPS) is 11.9. The van der Waals surface area contributed by atoms with Crippen LogP contribution in [0, 0.1) is 12.8 Å². The highest BCUT2D eigenvalue weighted by molar-refractivity contribution is 7.90. The lowest BCUT2D eigenvalue weighted by Gasteiger charge is -2.12. The molecule has 4 aromatic rings. The highest BCUT2D eigenvalue weighted by Gasteiger charge is 2.22. The summed E-state index contributed by atoms with van der Waals surface area (Å²) in [6.07, 6.45) is 2.41. The van der Waals surface area contributed by atoms with Crippen LogP contribution in [0.25, 0.3) is 10.9 Å². The number of hydrogen-bond acceptors (Lipinski definition) is 4. The molecule has 0 fully saturated rings. The Labute approximate surface area is 203 Å². The Bertz CT molecular complexity index is 1420. The molecular formula is C25H24Cl2N2O3S. The van der Waals surface area contributed by atoms with Gasteiger partial charge in [0, 0.05) is 17.3 Å². The van der Waals surface area contributed by atoms with Crippen molar-refractivity contribution < 1.29 is 13.2 Å². The molecule has 0 aliphatic rings. The average molecular weight is 503 g/mol. The minimum atomic E-state index is -3.77. The summed E-state index contributed by atoms with van der Waals surface area (Å²) in [5.41, 5.74) is 8.70. The van der Waals surface area contributed by atoms with Crippen molar-refractivity contribution >= 4 is 49.8 Å². The van der Waals surface area contributed by atoms with Gasteiger partial charge in [-0.3, -0.25) is 0 Å². The molecule has 0 unspecified atom stereocenters. The molecule has 0 saturated heterocycles. The summed E-state index contributed by atoms with van der Waals surface area (Å²) in [6.45, 7) is 6.10. The second-order valence-electron chi connectivity index (χ2n) is 8.46. The predicted molar refractivity (Wildman–Crippen MR) is 135 cm³/mol. The molecule has 0 spiro atoms. The summed E-state index contributed by atoms with van der Waals surface area (Å²) >= 11 is 12.5. The van der Waals surface area contributed by atoms with Crippen LogP contribution in [0.3, 0.4) is 0 Å². The molecule has 0 amide bonds. The van der Waals surface area contributed by atoms with Crippen LogP contribution in [0.2, 0.25) is 10.0 Å². The number of benzene rings is 3. The van der Waals surface area contributed by atoms with Crippen LogP contribution in [0.1, 0.15) is 25.0 Å². The van der Waals surface area contributed by atoms with E-state index in [9.17, 15) is 8.42 Å². The Hall–Kier alpha value is -2.67. The second-order valence-corrected chi connectivity index (χ2v) is 11.1. The molecule has 3 aromatic carbocycles. The maximum Gasteiger partial charge on any atom is 0.268 e. The minimum Gasteiger partial charge on any atom is -0.454 e. The molecule has 0 radical (unpaired) electrons. The smallest absolute Gasteiger partial charge is 0.268 e. The lowest BCUT2D eigenvalue weighted by atomic mass is 10.0. The van der Waals surface area contributed by atoms with E-state index in [4.69, 9.17) is 33.7 Å². The third kappa shape index (κ3) is 4.69. The van der Waals surface area contributed by atoms with Crippen molar-refractivity contribution in [3.63, 3.8) is 0 Å². The van der Waals surface area contributed by atoms with Crippen LogP contribution >= 0.6 is 23.2 Å². The van der Waals surface area contributed by atoms with Gasteiger partial charge in [-0.05, 0) is 67.3 Å². The highest BCUT2D eigenvalue weighted by Crippen LogP contribution is 2.39. The van der Waals surface area contributed by atoms with E-state index in [0.29, 0.717) is 45.1 Å². The standard InChI is InChI=1S/C25H24Cl2N2O3S/c1-15(2)10-17-14-29(33(30,31)20-7-4-16(3)5-8-20)24-9-6-19(13-21(17)24)32-25-22(26)11-18(28)12-23(25)27/h4-9,11-15H,10,28H2,1-3H3. The number of anilines is 1. The molecule has 0 bridgehead atoms. The fourth-order valence-electron chi connectivity index (χ4n) is 3.73. The fraction of sp³-hybridized carbons (Fsp3) is 0.200. The molecule has 4 rings (SSSR count). The number of nitrogen functional groups attached to an aromatic ring is 1. The van der Waals surface area contributed by atoms with Crippen LogP contribution in [0.5, 0.6) is 11.5 Å². The van der Waals surface area contributed by atoms with Gasteiger partial charge in [-0.1, -0.05) is 54.7 Å². The summed E-state index contributed by atoms with van der Waals surface area (Å²) in [6, 6.07) is 15.2. The minimum absolute atomic E-state index is 0.238. The predicted octanol–water partition coefficient (Wildman–Crippen LogP) is 7.07. The van der Waals surface area contributed by atoms with Crippen molar-refractivity contribution in [2.45, 2.75) is 32.1 Å². The first-order chi connectivity index (χ1) is 15.6. The molecule has 33 heavy (non-hydrogen) atoms. The van der Waals surface area contributed by atoms with Crippen molar-refractivity contribution in [2.75, 3.05) is 5.73 Å². The third-order valence-corrected chi connectivity index (χ3v) is 7.52. The van der Waals surface area contributed by atoms with E-state index in [1.165, 1.54) is 3.97 Å². The molecule has 8 heteroatoms. The zero-order chi connectivity index (χ0) is 23.9. The SMILES string of the molecule is Cc1ccc(S(=O)(=O)n2cc(CC(C)C)c3cc(Oc4c(Cl)cc(N)cc4Cl)ccc32)cc1. The molecule has 0 saturated carbocycles. The highest BCUT2D eigenvalue weighted by atomic mass is 35.5. The first-order valence-corrected chi connectivity index (χ1v) is 12.6. The second kappa shape index (κ2) is 8.93. The van der Waals surface area contributed by atoms with E-state index in [1.807, 2.05) is 13.0 Å². The van der Waals surface area contributed by atoms with Crippen molar-refractivity contribution in [1.82, 2.24) is 3.97 Å². The summed E-state index contributed by atoms with van der Waals surface area (Å²) in [7, 11) is -3.77. The van der Waals surface area contributed by atoms with E-state index < -0.39 is 10.0 Å². The molecule has 0 aliphatic carbocycles. The number of hydrogen-bond donors (Lipinski definition) is 1. The van der Waals surface area contributed by atoms with Gasteiger partial charge in [-0.25, -0.2) is 12.4 Å². The summed E-state index contributed by atoms with van der Waals surface area (Å²) < 4.78 is 34.2. The van der Waals surface area contributed by atoms with Crippen LogP contribution in [0.4, 0.5) is 5.69 Å². The van der Waals surface area contributed by atoms with Gasteiger partial charge in [0.1, 0.15) is 5.75 Å². The number of aryl methyl sites for hydroxylation is 1. The zero-order valence-electron chi connectivity index (χ0n) is 18.5. The van der Waals surface area contributed by atoms with Crippen LogP contribution < -0.4 is 10.5 Å². The number of fused-ring (bicyclic) bond motifs is 1. The lowest BCUT2D eigenvalue weighted by Crippen LogP contribution is -2.11. The maximum atomic E-state index is 13.4. The van der Waals surface area contributed by atoms with E-state index in [1.54, 1.807) is 54.7 Å². The van der Waals surface area contributed by atoms with Gasteiger partial charge in [0.05, 0.1) is 20.5 Å². The fourth-order valence-corrected chi connectivity index (χ4v) is 5.70. The van der Waals surface area contributed by atoms with Gasteiger partial charge in [0.2, 0.25) is 0 Å². The van der Waals surface area contributed by atoms with Gasteiger partial charge < -0.3 is 10.5 Å². The maximum absolute atomic E-state index is 13.4. The first-order valence-electron chi connectivity index (χ1n) is 10.4. The van der Waals surface area contributed by atoms with E-state index in [0.717, 1.165) is 16.5 Å².